The molecule has 29 heavy (non-hydrogen) atoms. The number of Topliss-reactive ketones (excluding diaryl/α,β-unsaturated/α-hetero) is 1. The molecule has 0 heterocycles. The van der Waals surface area contributed by atoms with Gasteiger partial charge in [0.2, 0.25) is 0 Å². The normalized spacial score (nSPS) is 29.8. The Morgan fingerprint density at radius 3 is 2.38 bits per heavy atom. The predicted octanol–water partition coefficient (Wildman–Crippen LogP) is 5.02. The standard InChI is InChI=1S/C24H38O5/c1-15(11-13-28-17(3)25)8-9-19-16(2)20(27)14-21-23(5,6)22(29-18(4)26)10-12-24(19,21)7/h15,21-22H,8-14H2,1-7H3/t15-,21?,22-,24+/m0/s1. The lowest BCUT2D eigenvalue weighted by atomic mass is 9.48. The molecule has 0 aromatic rings. The van der Waals surface area contributed by atoms with Crippen LogP contribution in [0.1, 0.15) is 87.0 Å². The van der Waals surface area contributed by atoms with E-state index in [9.17, 15) is 14.4 Å². The molecule has 0 saturated heterocycles. The summed E-state index contributed by atoms with van der Waals surface area (Å²) in [6, 6.07) is 0. The number of ketones is 1. The van der Waals surface area contributed by atoms with E-state index in [0.717, 1.165) is 37.7 Å². The molecule has 0 aliphatic heterocycles. The monoisotopic (exact) mass is 406 g/mol. The van der Waals surface area contributed by atoms with Crippen LogP contribution in [0.25, 0.3) is 0 Å². The van der Waals surface area contributed by atoms with Crippen molar-refractivity contribution in [2.75, 3.05) is 6.61 Å². The highest BCUT2D eigenvalue weighted by molar-refractivity contribution is 5.97. The Morgan fingerprint density at radius 2 is 1.79 bits per heavy atom. The smallest absolute Gasteiger partial charge is 0.302 e. The van der Waals surface area contributed by atoms with Gasteiger partial charge in [0.25, 0.3) is 0 Å². The van der Waals surface area contributed by atoms with Gasteiger partial charge in [0.05, 0.1) is 6.61 Å². The molecule has 5 heteroatoms. The van der Waals surface area contributed by atoms with Crippen LogP contribution in [0.15, 0.2) is 11.1 Å². The number of rotatable bonds is 7. The average molecular weight is 407 g/mol. The number of hydrogen-bond donors (Lipinski definition) is 0. The second-order valence-corrected chi connectivity index (χ2v) is 9.93. The number of hydrogen-bond acceptors (Lipinski definition) is 5. The van der Waals surface area contributed by atoms with Crippen molar-refractivity contribution in [3.63, 3.8) is 0 Å². The average Bonchev–Trinajstić information content (AvgIpc) is 2.59. The molecule has 0 radical (unpaired) electrons. The zero-order chi connectivity index (χ0) is 22.0. The number of esters is 2. The first kappa shape index (κ1) is 23.6. The molecule has 4 atom stereocenters. The zero-order valence-corrected chi connectivity index (χ0v) is 19.2. The second kappa shape index (κ2) is 9.01. The zero-order valence-electron chi connectivity index (χ0n) is 19.2. The van der Waals surface area contributed by atoms with Crippen molar-refractivity contribution >= 4 is 17.7 Å². The Labute approximate surface area is 175 Å². The largest absolute Gasteiger partial charge is 0.466 e. The molecule has 164 valence electrons. The molecule has 1 saturated carbocycles. The molecule has 0 amide bonds. The number of ether oxygens (including phenoxy) is 2. The minimum atomic E-state index is -0.249. The van der Waals surface area contributed by atoms with Gasteiger partial charge in [-0.2, -0.15) is 0 Å². The van der Waals surface area contributed by atoms with Crippen molar-refractivity contribution in [2.45, 2.75) is 93.1 Å². The first-order valence-corrected chi connectivity index (χ1v) is 10.9. The molecule has 2 aliphatic rings. The summed E-state index contributed by atoms with van der Waals surface area (Å²) in [5.41, 5.74) is 1.92. The molecule has 0 spiro atoms. The Morgan fingerprint density at radius 1 is 1.14 bits per heavy atom. The fraction of sp³-hybridized carbons (Fsp3) is 0.792. The number of carbonyl (C=O) groups is 3. The Hall–Kier alpha value is -1.65. The van der Waals surface area contributed by atoms with E-state index in [1.165, 1.54) is 19.4 Å². The summed E-state index contributed by atoms with van der Waals surface area (Å²) in [7, 11) is 0. The van der Waals surface area contributed by atoms with E-state index in [0.29, 0.717) is 18.9 Å². The molecule has 2 aliphatic carbocycles. The molecular weight excluding hydrogens is 368 g/mol. The number of allylic oxidation sites excluding steroid dienone is 2. The lowest BCUT2D eigenvalue weighted by Crippen LogP contribution is -2.54. The van der Waals surface area contributed by atoms with E-state index in [1.807, 2.05) is 6.92 Å². The van der Waals surface area contributed by atoms with Crippen molar-refractivity contribution in [3.05, 3.63) is 11.1 Å². The third kappa shape index (κ3) is 5.10. The van der Waals surface area contributed by atoms with Crippen LogP contribution in [0.3, 0.4) is 0 Å². The first-order valence-electron chi connectivity index (χ1n) is 10.9. The van der Waals surface area contributed by atoms with Crippen LogP contribution >= 0.6 is 0 Å². The maximum Gasteiger partial charge on any atom is 0.302 e. The van der Waals surface area contributed by atoms with Gasteiger partial charge < -0.3 is 9.47 Å². The van der Waals surface area contributed by atoms with Crippen molar-refractivity contribution in [2.24, 2.45) is 22.7 Å². The summed E-state index contributed by atoms with van der Waals surface area (Å²) >= 11 is 0. The SMILES string of the molecule is CC(=O)OCC[C@@H](C)CCC1=C(C)C(=O)CC2C(C)(C)[C@@H](OC(C)=O)CC[C@]12C. The molecule has 0 N–H and O–H groups in total. The Balaban J connectivity index is 2.18. The van der Waals surface area contributed by atoms with Crippen LogP contribution in [0.2, 0.25) is 0 Å². The minimum absolute atomic E-state index is 0.0479. The van der Waals surface area contributed by atoms with E-state index < -0.39 is 0 Å². The molecule has 0 aromatic heterocycles. The van der Waals surface area contributed by atoms with Gasteiger partial charge in [0, 0.05) is 25.7 Å². The molecule has 2 rings (SSSR count). The molecule has 5 nitrogen and oxygen atoms in total. The van der Waals surface area contributed by atoms with Gasteiger partial charge in [-0.15, -0.1) is 0 Å². The van der Waals surface area contributed by atoms with Crippen molar-refractivity contribution in [1.29, 1.82) is 0 Å². The third-order valence-corrected chi connectivity index (χ3v) is 7.48. The molecule has 1 unspecified atom stereocenters. The van der Waals surface area contributed by atoms with Crippen molar-refractivity contribution < 1.29 is 23.9 Å². The van der Waals surface area contributed by atoms with Crippen molar-refractivity contribution in [3.8, 4) is 0 Å². The predicted molar refractivity (Wildman–Crippen MR) is 112 cm³/mol. The first-order chi connectivity index (χ1) is 13.4. The van der Waals surface area contributed by atoms with Crippen LogP contribution in [0.5, 0.6) is 0 Å². The third-order valence-electron chi connectivity index (χ3n) is 7.48. The van der Waals surface area contributed by atoms with Crippen LogP contribution < -0.4 is 0 Å². The van der Waals surface area contributed by atoms with Crippen molar-refractivity contribution in [1.82, 2.24) is 0 Å². The summed E-state index contributed by atoms with van der Waals surface area (Å²) in [5.74, 6) is 0.319. The fourth-order valence-corrected chi connectivity index (χ4v) is 5.63. The highest BCUT2D eigenvalue weighted by Crippen LogP contribution is 2.60. The van der Waals surface area contributed by atoms with E-state index in [4.69, 9.17) is 9.47 Å². The van der Waals surface area contributed by atoms with Gasteiger partial charge in [-0.05, 0) is 61.9 Å². The van der Waals surface area contributed by atoms with Gasteiger partial charge in [-0.25, -0.2) is 0 Å². The Bertz CT molecular complexity index is 689. The molecule has 1 fully saturated rings. The van der Waals surface area contributed by atoms with Gasteiger partial charge in [-0.1, -0.05) is 33.3 Å². The lowest BCUT2D eigenvalue weighted by Gasteiger charge is -2.57. The summed E-state index contributed by atoms with van der Waals surface area (Å²) in [4.78, 5) is 35.4. The second-order valence-electron chi connectivity index (χ2n) is 9.93. The van der Waals surface area contributed by atoms with E-state index in [-0.39, 0.29) is 40.6 Å². The van der Waals surface area contributed by atoms with Gasteiger partial charge in [0.1, 0.15) is 6.10 Å². The maximum atomic E-state index is 12.9. The summed E-state index contributed by atoms with van der Waals surface area (Å²) in [5, 5.41) is 0. The number of carbonyl (C=O) groups excluding carboxylic acids is 3. The quantitative estimate of drug-likeness (QED) is 0.555. The molecule has 0 bridgehead atoms. The van der Waals surface area contributed by atoms with Gasteiger partial charge >= 0.3 is 11.9 Å². The highest BCUT2D eigenvalue weighted by Gasteiger charge is 2.56. The van der Waals surface area contributed by atoms with E-state index in [2.05, 4.69) is 27.7 Å². The highest BCUT2D eigenvalue weighted by atomic mass is 16.5. The van der Waals surface area contributed by atoms with Crippen LogP contribution in [0, 0.1) is 22.7 Å². The van der Waals surface area contributed by atoms with Crippen LogP contribution in [-0.2, 0) is 23.9 Å². The Kier molecular flexibility index (Phi) is 7.34. The number of fused-ring (bicyclic) bond motifs is 1. The molecular formula is C24H38O5. The summed E-state index contributed by atoms with van der Waals surface area (Å²) in [6.07, 6.45) is 4.83. The fourth-order valence-electron chi connectivity index (χ4n) is 5.63. The van der Waals surface area contributed by atoms with Crippen LogP contribution in [-0.4, -0.2) is 30.4 Å². The lowest BCUT2D eigenvalue weighted by molar-refractivity contribution is -0.167. The summed E-state index contributed by atoms with van der Waals surface area (Å²) < 4.78 is 10.7. The topological polar surface area (TPSA) is 69.7 Å². The van der Waals surface area contributed by atoms with E-state index in [1.54, 1.807) is 0 Å². The summed E-state index contributed by atoms with van der Waals surface area (Å²) in [6.45, 7) is 14.1. The van der Waals surface area contributed by atoms with Gasteiger partial charge in [-0.3, -0.25) is 14.4 Å². The minimum Gasteiger partial charge on any atom is -0.466 e. The van der Waals surface area contributed by atoms with E-state index >= 15 is 0 Å². The van der Waals surface area contributed by atoms with Crippen LogP contribution in [0.4, 0.5) is 0 Å². The molecule has 0 aromatic carbocycles. The van der Waals surface area contributed by atoms with Gasteiger partial charge in [0.15, 0.2) is 5.78 Å². The maximum absolute atomic E-state index is 12.9.